The SMILES string of the molecule is CCCN(CCC)C(=O)NC[C@H](O)C(=O)O. The number of rotatable bonds is 7. The molecule has 6 nitrogen and oxygen atoms in total. The molecular weight excluding hydrogens is 212 g/mol. The van der Waals surface area contributed by atoms with Crippen LogP contribution in [0.3, 0.4) is 0 Å². The maximum absolute atomic E-state index is 11.6. The maximum atomic E-state index is 11.6. The molecule has 94 valence electrons. The van der Waals surface area contributed by atoms with Crippen LogP contribution in [-0.4, -0.2) is 52.9 Å². The first-order valence-corrected chi connectivity index (χ1v) is 5.46. The highest BCUT2D eigenvalue weighted by Gasteiger charge is 2.16. The number of amides is 2. The topological polar surface area (TPSA) is 89.9 Å². The number of carboxylic acids is 1. The normalized spacial score (nSPS) is 11.9. The van der Waals surface area contributed by atoms with Gasteiger partial charge in [0.2, 0.25) is 0 Å². The van der Waals surface area contributed by atoms with Crippen molar-refractivity contribution in [2.45, 2.75) is 32.8 Å². The zero-order chi connectivity index (χ0) is 12.6. The second kappa shape index (κ2) is 7.92. The molecule has 0 aromatic heterocycles. The van der Waals surface area contributed by atoms with Gasteiger partial charge in [-0.15, -0.1) is 0 Å². The first-order chi connectivity index (χ1) is 7.52. The number of nitrogens with zero attached hydrogens (tertiary/aromatic N) is 1. The van der Waals surface area contributed by atoms with Crippen molar-refractivity contribution in [3.05, 3.63) is 0 Å². The molecule has 0 unspecified atom stereocenters. The van der Waals surface area contributed by atoms with Gasteiger partial charge in [0.05, 0.1) is 6.54 Å². The fourth-order valence-electron chi connectivity index (χ4n) is 1.24. The highest BCUT2D eigenvalue weighted by atomic mass is 16.4. The molecular formula is C10H20N2O4. The van der Waals surface area contributed by atoms with Crippen molar-refractivity contribution in [3.63, 3.8) is 0 Å². The van der Waals surface area contributed by atoms with Crippen LogP contribution in [0.25, 0.3) is 0 Å². The summed E-state index contributed by atoms with van der Waals surface area (Å²) in [6.07, 6.45) is 0.137. The molecule has 0 bridgehead atoms. The third-order valence-electron chi connectivity index (χ3n) is 2.01. The Bertz CT molecular complexity index is 227. The summed E-state index contributed by atoms with van der Waals surface area (Å²) in [6.45, 7) is 4.91. The Balaban J connectivity index is 4.04. The molecule has 0 spiro atoms. The number of hydrogen-bond donors (Lipinski definition) is 3. The van der Waals surface area contributed by atoms with Crippen molar-refractivity contribution in [2.75, 3.05) is 19.6 Å². The van der Waals surface area contributed by atoms with Crippen LogP contribution in [0.4, 0.5) is 4.79 Å². The predicted molar refractivity (Wildman–Crippen MR) is 59.2 cm³/mol. The Morgan fingerprint density at radius 1 is 1.25 bits per heavy atom. The summed E-state index contributed by atoms with van der Waals surface area (Å²) in [5, 5.41) is 19.8. The number of urea groups is 1. The third-order valence-corrected chi connectivity index (χ3v) is 2.01. The van der Waals surface area contributed by atoms with Crippen molar-refractivity contribution < 1.29 is 19.8 Å². The molecule has 0 saturated heterocycles. The molecule has 3 N–H and O–H groups in total. The Hall–Kier alpha value is -1.30. The number of carboxylic acid groups (broad SMARTS) is 1. The van der Waals surface area contributed by atoms with E-state index in [9.17, 15) is 9.59 Å². The zero-order valence-corrected chi connectivity index (χ0v) is 9.77. The number of aliphatic carboxylic acids is 1. The van der Waals surface area contributed by atoms with Gasteiger partial charge in [-0.2, -0.15) is 0 Å². The van der Waals surface area contributed by atoms with E-state index >= 15 is 0 Å². The Labute approximate surface area is 95.2 Å². The van der Waals surface area contributed by atoms with E-state index in [0.29, 0.717) is 13.1 Å². The van der Waals surface area contributed by atoms with E-state index in [0.717, 1.165) is 12.8 Å². The highest BCUT2D eigenvalue weighted by molar-refractivity contribution is 5.76. The maximum Gasteiger partial charge on any atom is 0.334 e. The average molecular weight is 232 g/mol. The molecule has 16 heavy (non-hydrogen) atoms. The molecule has 0 heterocycles. The van der Waals surface area contributed by atoms with Gasteiger partial charge in [-0.25, -0.2) is 9.59 Å². The van der Waals surface area contributed by atoms with Gasteiger partial charge in [0.25, 0.3) is 0 Å². The summed E-state index contributed by atoms with van der Waals surface area (Å²) in [4.78, 5) is 23.5. The molecule has 0 aliphatic rings. The minimum Gasteiger partial charge on any atom is -0.479 e. The van der Waals surface area contributed by atoms with Gasteiger partial charge >= 0.3 is 12.0 Å². The summed E-state index contributed by atoms with van der Waals surface area (Å²) in [7, 11) is 0. The lowest BCUT2D eigenvalue weighted by molar-refractivity contribution is -0.146. The molecule has 0 aliphatic carbocycles. The lowest BCUT2D eigenvalue weighted by Gasteiger charge is -2.22. The molecule has 0 saturated carbocycles. The number of nitrogens with one attached hydrogen (secondary N) is 1. The minimum atomic E-state index is -1.55. The van der Waals surface area contributed by atoms with Gasteiger partial charge < -0.3 is 20.4 Å². The average Bonchev–Trinajstić information content (AvgIpc) is 2.24. The largest absolute Gasteiger partial charge is 0.479 e. The molecule has 2 amide bonds. The molecule has 0 rings (SSSR count). The second-order valence-electron chi connectivity index (χ2n) is 3.53. The van der Waals surface area contributed by atoms with E-state index in [1.807, 2.05) is 13.8 Å². The fourth-order valence-corrected chi connectivity index (χ4v) is 1.24. The van der Waals surface area contributed by atoms with Gasteiger partial charge in [0.1, 0.15) is 0 Å². The lowest BCUT2D eigenvalue weighted by Crippen LogP contribution is -2.45. The quantitative estimate of drug-likeness (QED) is 0.587. The number of carbonyl (C=O) groups is 2. The summed E-state index contributed by atoms with van der Waals surface area (Å²) in [5.41, 5.74) is 0. The Kier molecular flexibility index (Phi) is 7.28. The van der Waals surface area contributed by atoms with Gasteiger partial charge in [-0.3, -0.25) is 0 Å². The number of aliphatic hydroxyl groups excluding tert-OH is 1. The van der Waals surface area contributed by atoms with Gasteiger partial charge in [0.15, 0.2) is 6.10 Å². The molecule has 0 aromatic rings. The molecule has 0 radical (unpaired) electrons. The van der Waals surface area contributed by atoms with E-state index in [-0.39, 0.29) is 12.6 Å². The smallest absolute Gasteiger partial charge is 0.334 e. The molecule has 0 fully saturated rings. The molecule has 6 heteroatoms. The third kappa shape index (κ3) is 5.55. The Morgan fingerprint density at radius 3 is 2.12 bits per heavy atom. The molecule has 1 atom stereocenters. The van der Waals surface area contributed by atoms with Crippen LogP contribution in [0.5, 0.6) is 0 Å². The first-order valence-electron chi connectivity index (χ1n) is 5.46. The van der Waals surface area contributed by atoms with Crippen LogP contribution in [0.2, 0.25) is 0 Å². The Morgan fingerprint density at radius 2 is 1.75 bits per heavy atom. The van der Waals surface area contributed by atoms with E-state index in [1.165, 1.54) is 0 Å². The summed E-state index contributed by atoms with van der Waals surface area (Å²) in [5.74, 6) is -1.34. The molecule has 0 aliphatic heterocycles. The van der Waals surface area contributed by atoms with E-state index in [2.05, 4.69) is 5.32 Å². The van der Waals surface area contributed by atoms with Crippen LogP contribution in [0, 0.1) is 0 Å². The first kappa shape index (κ1) is 14.7. The van der Waals surface area contributed by atoms with Crippen molar-refractivity contribution in [1.29, 1.82) is 0 Å². The van der Waals surface area contributed by atoms with Crippen LogP contribution < -0.4 is 5.32 Å². The van der Waals surface area contributed by atoms with Crippen molar-refractivity contribution in [2.24, 2.45) is 0 Å². The summed E-state index contributed by atoms with van der Waals surface area (Å²) >= 11 is 0. The second-order valence-corrected chi connectivity index (χ2v) is 3.53. The monoisotopic (exact) mass is 232 g/mol. The van der Waals surface area contributed by atoms with Crippen molar-refractivity contribution in [3.8, 4) is 0 Å². The highest BCUT2D eigenvalue weighted by Crippen LogP contribution is 1.95. The van der Waals surface area contributed by atoms with E-state index < -0.39 is 12.1 Å². The van der Waals surface area contributed by atoms with Crippen LogP contribution in [-0.2, 0) is 4.79 Å². The van der Waals surface area contributed by atoms with E-state index in [4.69, 9.17) is 10.2 Å². The zero-order valence-electron chi connectivity index (χ0n) is 9.77. The minimum absolute atomic E-state index is 0.266. The standard InChI is InChI=1S/C10H20N2O4/c1-3-5-12(6-4-2)10(16)11-7-8(13)9(14)15/h8,13H,3-7H2,1-2H3,(H,11,16)(H,14,15)/t8-/m0/s1. The van der Waals surface area contributed by atoms with Crippen molar-refractivity contribution in [1.82, 2.24) is 10.2 Å². The van der Waals surface area contributed by atoms with Crippen molar-refractivity contribution >= 4 is 12.0 Å². The number of carbonyl (C=O) groups excluding carboxylic acids is 1. The summed E-state index contributed by atoms with van der Waals surface area (Å²) in [6, 6.07) is -0.330. The fraction of sp³-hybridized carbons (Fsp3) is 0.800. The molecule has 0 aromatic carbocycles. The van der Waals surface area contributed by atoms with Gasteiger partial charge in [-0.05, 0) is 12.8 Å². The van der Waals surface area contributed by atoms with Gasteiger partial charge in [0, 0.05) is 13.1 Å². The van der Waals surface area contributed by atoms with Crippen LogP contribution in [0.15, 0.2) is 0 Å². The van der Waals surface area contributed by atoms with Crippen LogP contribution in [0.1, 0.15) is 26.7 Å². The number of aliphatic hydroxyl groups is 1. The van der Waals surface area contributed by atoms with Crippen LogP contribution >= 0.6 is 0 Å². The lowest BCUT2D eigenvalue weighted by atomic mass is 10.3. The predicted octanol–water partition coefficient (Wildman–Crippen LogP) is 0.263. The van der Waals surface area contributed by atoms with E-state index in [1.54, 1.807) is 4.90 Å². The summed E-state index contributed by atoms with van der Waals surface area (Å²) < 4.78 is 0. The number of hydrogen-bond acceptors (Lipinski definition) is 3. The van der Waals surface area contributed by atoms with Gasteiger partial charge in [-0.1, -0.05) is 13.8 Å².